The number of hydrogen-bond acceptors (Lipinski definition) is 2. The first-order valence-electron chi connectivity index (χ1n) is 5.16. The summed E-state index contributed by atoms with van der Waals surface area (Å²) in [5.41, 5.74) is 0.883. The quantitative estimate of drug-likeness (QED) is 0.711. The predicted octanol–water partition coefficient (Wildman–Crippen LogP) is 2.87. The summed E-state index contributed by atoms with van der Waals surface area (Å²) in [6.07, 6.45) is 0. The van der Waals surface area contributed by atoms with Crippen LogP contribution in [0.25, 0.3) is 0 Å². The molecule has 0 heterocycles. The average molecular weight is 209 g/mol. The zero-order valence-electron chi connectivity index (χ0n) is 9.38. The van der Waals surface area contributed by atoms with E-state index >= 15 is 0 Å². The van der Waals surface area contributed by atoms with Crippen LogP contribution >= 0.6 is 0 Å². The second kappa shape index (κ2) is 4.91. The molecule has 0 fully saturated rings. The molecule has 0 saturated heterocycles. The second-order valence-electron chi connectivity index (χ2n) is 3.36. The first kappa shape index (κ1) is 11.7. The molecule has 0 aliphatic carbocycles. The lowest BCUT2D eigenvalue weighted by atomic mass is 10.1. The van der Waals surface area contributed by atoms with Crippen LogP contribution in [0.5, 0.6) is 0 Å². The van der Waals surface area contributed by atoms with E-state index in [1.54, 1.807) is 12.1 Å². The van der Waals surface area contributed by atoms with Crippen molar-refractivity contribution in [3.05, 3.63) is 29.6 Å². The molecule has 0 spiro atoms. The van der Waals surface area contributed by atoms with Gasteiger partial charge in [-0.3, -0.25) is 4.79 Å². The Hall–Kier alpha value is -1.38. The molecule has 0 N–H and O–H groups in total. The molecule has 0 aliphatic rings. The fourth-order valence-electron chi connectivity index (χ4n) is 1.66. The van der Waals surface area contributed by atoms with Crippen molar-refractivity contribution in [3.63, 3.8) is 0 Å². The van der Waals surface area contributed by atoms with Gasteiger partial charge < -0.3 is 4.90 Å². The third kappa shape index (κ3) is 2.35. The normalized spacial score (nSPS) is 10.1. The van der Waals surface area contributed by atoms with Gasteiger partial charge in [-0.2, -0.15) is 0 Å². The maximum absolute atomic E-state index is 13.6. The van der Waals surface area contributed by atoms with Crippen LogP contribution in [0.2, 0.25) is 0 Å². The molecule has 0 bridgehead atoms. The molecule has 0 radical (unpaired) electrons. The summed E-state index contributed by atoms with van der Waals surface area (Å²) in [7, 11) is 0. The van der Waals surface area contributed by atoms with Crippen LogP contribution in [0.15, 0.2) is 18.2 Å². The van der Waals surface area contributed by atoms with E-state index < -0.39 is 0 Å². The lowest BCUT2D eigenvalue weighted by Gasteiger charge is -2.23. The monoisotopic (exact) mass is 209 g/mol. The maximum atomic E-state index is 13.6. The van der Waals surface area contributed by atoms with Gasteiger partial charge in [0.05, 0.1) is 5.69 Å². The minimum atomic E-state index is -0.327. The van der Waals surface area contributed by atoms with Gasteiger partial charge in [-0.25, -0.2) is 4.39 Å². The Labute approximate surface area is 89.7 Å². The van der Waals surface area contributed by atoms with Gasteiger partial charge in [-0.15, -0.1) is 0 Å². The lowest BCUT2D eigenvalue weighted by molar-refractivity contribution is 0.101. The highest BCUT2D eigenvalue weighted by molar-refractivity contribution is 5.99. The lowest BCUT2D eigenvalue weighted by Crippen LogP contribution is -2.25. The van der Waals surface area contributed by atoms with Crippen molar-refractivity contribution < 1.29 is 9.18 Å². The summed E-state index contributed by atoms with van der Waals surface area (Å²) in [5.74, 6) is -0.428. The Bertz CT molecular complexity index is 359. The molecule has 0 aliphatic heterocycles. The van der Waals surface area contributed by atoms with Crippen LogP contribution in [0, 0.1) is 5.82 Å². The van der Waals surface area contributed by atoms with Gasteiger partial charge in [0.25, 0.3) is 0 Å². The van der Waals surface area contributed by atoms with E-state index in [9.17, 15) is 9.18 Å². The molecule has 82 valence electrons. The van der Waals surface area contributed by atoms with Crippen molar-refractivity contribution in [2.75, 3.05) is 18.0 Å². The highest BCUT2D eigenvalue weighted by Crippen LogP contribution is 2.24. The molecular weight excluding hydrogens is 193 g/mol. The minimum absolute atomic E-state index is 0.101. The van der Waals surface area contributed by atoms with Gasteiger partial charge in [-0.1, -0.05) is 6.07 Å². The van der Waals surface area contributed by atoms with Crippen molar-refractivity contribution in [2.24, 2.45) is 0 Å². The number of rotatable bonds is 4. The summed E-state index contributed by atoms with van der Waals surface area (Å²) in [6.45, 7) is 6.73. The number of carbonyl (C=O) groups is 1. The van der Waals surface area contributed by atoms with E-state index in [2.05, 4.69) is 0 Å². The average Bonchev–Trinajstić information content (AvgIpc) is 2.21. The Morgan fingerprint density at radius 1 is 1.33 bits per heavy atom. The molecule has 3 heteroatoms. The standard InChI is InChI=1S/C12H16FNO/c1-4-14(5-2)12-10(9(3)15)7-6-8-11(12)13/h6-8H,4-5H2,1-3H3. The zero-order valence-corrected chi connectivity index (χ0v) is 9.38. The molecule has 1 aromatic carbocycles. The molecule has 0 saturated carbocycles. The van der Waals surface area contributed by atoms with Gasteiger partial charge >= 0.3 is 0 Å². The van der Waals surface area contributed by atoms with Gasteiger partial charge in [0, 0.05) is 18.7 Å². The van der Waals surface area contributed by atoms with Crippen LogP contribution < -0.4 is 4.90 Å². The van der Waals surface area contributed by atoms with Gasteiger partial charge in [-0.05, 0) is 32.9 Å². The number of para-hydroxylation sites is 1. The molecule has 2 nitrogen and oxygen atoms in total. The molecule has 1 rings (SSSR count). The van der Waals surface area contributed by atoms with Crippen LogP contribution in [-0.4, -0.2) is 18.9 Å². The SMILES string of the molecule is CCN(CC)c1c(F)cccc1C(C)=O. The molecule has 15 heavy (non-hydrogen) atoms. The first-order valence-corrected chi connectivity index (χ1v) is 5.16. The summed E-state index contributed by atoms with van der Waals surface area (Å²) >= 11 is 0. The van der Waals surface area contributed by atoms with Crippen molar-refractivity contribution >= 4 is 11.5 Å². The minimum Gasteiger partial charge on any atom is -0.369 e. The molecule has 1 aromatic rings. The number of Topliss-reactive ketones (excluding diaryl/α,β-unsaturated/α-hetero) is 1. The fraction of sp³-hybridized carbons (Fsp3) is 0.417. The highest BCUT2D eigenvalue weighted by Gasteiger charge is 2.15. The van der Waals surface area contributed by atoms with E-state index in [1.165, 1.54) is 13.0 Å². The van der Waals surface area contributed by atoms with Crippen molar-refractivity contribution in [1.82, 2.24) is 0 Å². The van der Waals surface area contributed by atoms with E-state index in [0.717, 1.165) is 0 Å². The zero-order chi connectivity index (χ0) is 11.4. The van der Waals surface area contributed by atoms with Crippen LogP contribution in [0.3, 0.4) is 0 Å². The van der Waals surface area contributed by atoms with Crippen LogP contribution in [0.1, 0.15) is 31.1 Å². The molecule has 0 unspecified atom stereocenters. The number of nitrogens with zero attached hydrogens (tertiary/aromatic N) is 1. The first-order chi connectivity index (χ1) is 7.11. The Balaban J connectivity index is 3.29. The molecule has 0 aromatic heterocycles. The third-order valence-corrected chi connectivity index (χ3v) is 2.45. The maximum Gasteiger partial charge on any atom is 0.161 e. The van der Waals surface area contributed by atoms with Crippen molar-refractivity contribution in [1.29, 1.82) is 0 Å². The highest BCUT2D eigenvalue weighted by atomic mass is 19.1. The van der Waals surface area contributed by atoms with E-state index in [-0.39, 0.29) is 11.6 Å². The number of halogens is 1. The summed E-state index contributed by atoms with van der Waals surface area (Å²) < 4.78 is 13.6. The third-order valence-electron chi connectivity index (χ3n) is 2.45. The Kier molecular flexibility index (Phi) is 3.83. The summed E-state index contributed by atoms with van der Waals surface area (Å²) in [6, 6.07) is 4.62. The summed E-state index contributed by atoms with van der Waals surface area (Å²) in [5, 5.41) is 0. The van der Waals surface area contributed by atoms with Gasteiger partial charge in [0.2, 0.25) is 0 Å². The second-order valence-corrected chi connectivity index (χ2v) is 3.36. The predicted molar refractivity (Wildman–Crippen MR) is 60.0 cm³/mol. The van der Waals surface area contributed by atoms with Crippen LogP contribution in [-0.2, 0) is 0 Å². The topological polar surface area (TPSA) is 20.3 Å². The van der Waals surface area contributed by atoms with Crippen LogP contribution in [0.4, 0.5) is 10.1 Å². The molecule has 0 atom stereocenters. The number of anilines is 1. The van der Waals surface area contributed by atoms with E-state index in [0.29, 0.717) is 24.3 Å². The Morgan fingerprint density at radius 2 is 1.93 bits per heavy atom. The van der Waals surface area contributed by atoms with E-state index in [1.807, 2.05) is 18.7 Å². The van der Waals surface area contributed by atoms with Crippen molar-refractivity contribution in [2.45, 2.75) is 20.8 Å². The largest absolute Gasteiger partial charge is 0.369 e. The number of ketones is 1. The van der Waals surface area contributed by atoms with Gasteiger partial charge in [0.15, 0.2) is 5.78 Å². The fourth-order valence-corrected chi connectivity index (χ4v) is 1.66. The smallest absolute Gasteiger partial charge is 0.161 e. The molecule has 0 amide bonds. The Morgan fingerprint density at radius 3 is 2.40 bits per heavy atom. The van der Waals surface area contributed by atoms with E-state index in [4.69, 9.17) is 0 Å². The van der Waals surface area contributed by atoms with Crippen molar-refractivity contribution in [3.8, 4) is 0 Å². The number of carbonyl (C=O) groups excluding carboxylic acids is 1. The van der Waals surface area contributed by atoms with Gasteiger partial charge in [0.1, 0.15) is 5.82 Å². The molecular formula is C12H16FNO. The number of benzene rings is 1. The number of hydrogen-bond donors (Lipinski definition) is 0. The summed E-state index contributed by atoms with van der Waals surface area (Å²) in [4.78, 5) is 13.2.